The fraction of sp³-hybridized carbons (Fsp3) is 0.750. The highest BCUT2D eigenvalue weighted by atomic mass is 16.4. The number of hydrogen-bond acceptors (Lipinski definition) is 3. The molecule has 0 unspecified atom stereocenters. The van der Waals surface area contributed by atoms with Crippen LogP contribution in [0, 0.1) is 0 Å². The molecule has 0 bridgehead atoms. The van der Waals surface area contributed by atoms with Crippen molar-refractivity contribution in [3.8, 4) is 0 Å². The molecule has 0 spiro atoms. The van der Waals surface area contributed by atoms with Gasteiger partial charge in [-0.2, -0.15) is 0 Å². The molecule has 0 aromatic heterocycles. The normalized spacial score (nSPS) is 18.6. The Morgan fingerprint density at radius 2 is 1.56 bits per heavy atom. The summed E-state index contributed by atoms with van der Waals surface area (Å²) in [6.45, 7) is 11.8. The molecule has 0 aromatic carbocycles. The summed E-state index contributed by atoms with van der Waals surface area (Å²) < 4.78 is 0. The summed E-state index contributed by atoms with van der Waals surface area (Å²) in [6, 6.07) is 0. The lowest BCUT2D eigenvalue weighted by molar-refractivity contribution is -0.137. The maximum Gasteiger partial charge on any atom is 0.304 e. The van der Waals surface area contributed by atoms with Gasteiger partial charge >= 0.3 is 5.97 Å². The molecule has 1 fully saturated rings. The topological polar surface area (TPSA) is 43.8 Å². The van der Waals surface area contributed by atoms with Gasteiger partial charge in [0.15, 0.2) is 0 Å². The van der Waals surface area contributed by atoms with E-state index in [0.717, 1.165) is 39.1 Å². The SMILES string of the molecule is C=C(C)CCN1CCN(CCC(=O)O)CC1. The molecule has 4 nitrogen and oxygen atoms in total. The van der Waals surface area contributed by atoms with Gasteiger partial charge < -0.3 is 14.9 Å². The number of piperazine rings is 1. The average Bonchev–Trinajstić information content (AvgIpc) is 2.25. The third-order valence-corrected chi connectivity index (χ3v) is 2.96. The molecular weight excluding hydrogens is 204 g/mol. The predicted molar refractivity (Wildman–Crippen MR) is 64.6 cm³/mol. The Bertz CT molecular complexity index is 219. The van der Waals surface area contributed by atoms with Crippen molar-refractivity contribution in [3.05, 3.63) is 12.2 Å². The van der Waals surface area contributed by atoms with Crippen molar-refractivity contribution in [2.45, 2.75) is 19.8 Å². The van der Waals surface area contributed by atoms with Gasteiger partial charge in [0.1, 0.15) is 0 Å². The maximum absolute atomic E-state index is 10.4. The summed E-state index contributed by atoms with van der Waals surface area (Å²) >= 11 is 0. The molecule has 1 aliphatic heterocycles. The zero-order valence-corrected chi connectivity index (χ0v) is 10.1. The van der Waals surface area contributed by atoms with Crippen molar-refractivity contribution >= 4 is 5.97 Å². The molecule has 0 radical (unpaired) electrons. The highest BCUT2D eigenvalue weighted by Crippen LogP contribution is 2.05. The quantitative estimate of drug-likeness (QED) is 0.687. The van der Waals surface area contributed by atoms with E-state index < -0.39 is 5.97 Å². The number of carbonyl (C=O) groups is 1. The Labute approximate surface area is 97.5 Å². The lowest BCUT2D eigenvalue weighted by Gasteiger charge is -2.34. The van der Waals surface area contributed by atoms with Crippen LogP contribution in [0.1, 0.15) is 19.8 Å². The lowest BCUT2D eigenvalue weighted by Crippen LogP contribution is -2.47. The van der Waals surface area contributed by atoms with E-state index in [-0.39, 0.29) is 6.42 Å². The van der Waals surface area contributed by atoms with E-state index in [0.29, 0.717) is 6.54 Å². The minimum absolute atomic E-state index is 0.256. The third kappa shape index (κ3) is 5.28. The second-order valence-corrected chi connectivity index (χ2v) is 4.53. The first-order valence-electron chi connectivity index (χ1n) is 5.89. The Kier molecular flexibility index (Phi) is 5.49. The molecule has 0 atom stereocenters. The molecule has 1 rings (SSSR count). The van der Waals surface area contributed by atoms with E-state index >= 15 is 0 Å². The summed E-state index contributed by atoms with van der Waals surface area (Å²) in [5.41, 5.74) is 1.23. The fourth-order valence-electron chi connectivity index (χ4n) is 1.84. The maximum atomic E-state index is 10.4. The number of rotatable bonds is 6. The summed E-state index contributed by atoms with van der Waals surface area (Å²) in [5, 5.41) is 8.59. The number of nitrogens with zero attached hydrogens (tertiary/aromatic N) is 2. The molecule has 0 aliphatic carbocycles. The van der Waals surface area contributed by atoms with Crippen molar-refractivity contribution < 1.29 is 9.90 Å². The van der Waals surface area contributed by atoms with Gasteiger partial charge in [0.25, 0.3) is 0 Å². The fourth-order valence-corrected chi connectivity index (χ4v) is 1.84. The number of hydrogen-bond donors (Lipinski definition) is 1. The Balaban J connectivity index is 2.13. The van der Waals surface area contributed by atoms with Gasteiger partial charge in [0.2, 0.25) is 0 Å². The van der Waals surface area contributed by atoms with E-state index in [1.165, 1.54) is 5.57 Å². The molecule has 1 saturated heterocycles. The van der Waals surface area contributed by atoms with Gasteiger partial charge in [-0.3, -0.25) is 4.79 Å². The number of carboxylic acids is 1. The van der Waals surface area contributed by atoms with Crippen LogP contribution in [0.5, 0.6) is 0 Å². The van der Waals surface area contributed by atoms with E-state index in [1.807, 2.05) is 0 Å². The molecule has 0 saturated carbocycles. The van der Waals surface area contributed by atoms with Crippen molar-refractivity contribution in [1.29, 1.82) is 0 Å². The van der Waals surface area contributed by atoms with Crippen LogP contribution < -0.4 is 0 Å². The standard InChI is InChI=1S/C12H22N2O2/c1-11(2)3-5-13-7-9-14(10-8-13)6-4-12(15)16/h1,3-10H2,2H3,(H,15,16). The Morgan fingerprint density at radius 1 is 1.12 bits per heavy atom. The molecule has 1 N–H and O–H groups in total. The van der Waals surface area contributed by atoms with Gasteiger partial charge in [-0.1, -0.05) is 5.57 Å². The largest absolute Gasteiger partial charge is 0.481 e. The van der Waals surface area contributed by atoms with Crippen LogP contribution >= 0.6 is 0 Å². The van der Waals surface area contributed by atoms with E-state index in [2.05, 4.69) is 23.3 Å². The highest BCUT2D eigenvalue weighted by molar-refractivity contribution is 5.66. The monoisotopic (exact) mass is 226 g/mol. The van der Waals surface area contributed by atoms with Crippen LogP contribution in [0.3, 0.4) is 0 Å². The minimum atomic E-state index is -0.704. The van der Waals surface area contributed by atoms with Crippen LogP contribution in [0.25, 0.3) is 0 Å². The number of carboxylic acid groups (broad SMARTS) is 1. The summed E-state index contributed by atoms with van der Waals surface area (Å²) in [5.74, 6) is -0.704. The van der Waals surface area contributed by atoms with E-state index in [9.17, 15) is 4.79 Å². The number of aliphatic carboxylic acids is 1. The van der Waals surface area contributed by atoms with E-state index in [4.69, 9.17) is 5.11 Å². The van der Waals surface area contributed by atoms with E-state index in [1.54, 1.807) is 0 Å². The van der Waals surface area contributed by atoms with Gasteiger partial charge in [0.05, 0.1) is 6.42 Å². The van der Waals surface area contributed by atoms with Crippen LogP contribution in [0.2, 0.25) is 0 Å². The second kappa shape index (κ2) is 6.66. The molecule has 1 heterocycles. The Hall–Kier alpha value is -0.870. The van der Waals surface area contributed by atoms with Crippen molar-refractivity contribution in [1.82, 2.24) is 9.80 Å². The molecule has 4 heteroatoms. The molecule has 92 valence electrons. The van der Waals surface area contributed by atoms with Gasteiger partial charge in [-0.15, -0.1) is 6.58 Å². The zero-order valence-electron chi connectivity index (χ0n) is 10.1. The summed E-state index contributed by atoms with van der Waals surface area (Å²) in [6.07, 6.45) is 1.32. The van der Waals surface area contributed by atoms with Crippen molar-refractivity contribution in [3.63, 3.8) is 0 Å². The third-order valence-electron chi connectivity index (χ3n) is 2.96. The molecule has 0 amide bonds. The summed E-state index contributed by atoms with van der Waals surface area (Å²) in [4.78, 5) is 15.1. The first-order chi connectivity index (χ1) is 7.58. The molecular formula is C12H22N2O2. The molecule has 0 aromatic rings. The zero-order chi connectivity index (χ0) is 12.0. The van der Waals surface area contributed by atoms with Crippen molar-refractivity contribution in [2.24, 2.45) is 0 Å². The smallest absolute Gasteiger partial charge is 0.304 e. The van der Waals surface area contributed by atoms with Crippen LogP contribution in [0.15, 0.2) is 12.2 Å². The lowest BCUT2D eigenvalue weighted by atomic mass is 10.2. The van der Waals surface area contributed by atoms with Gasteiger partial charge in [-0.25, -0.2) is 0 Å². The van der Waals surface area contributed by atoms with Gasteiger partial charge in [0, 0.05) is 39.3 Å². The summed E-state index contributed by atoms with van der Waals surface area (Å²) in [7, 11) is 0. The Morgan fingerprint density at radius 3 is 1.94 bits per heavy atom. The first kappa shape index (κ1) is 13.2. The second-order valence-electron chi connectivity index (χ2n) is 4.53. The minimum Gasteiger partial charge on any atom is -0.481 e. The molecule has 16 heavy (non-hydrogen) atoms. The van der Waals surface area contributed by atoms with Crippen LogP contribution in [0.4, 0.5) is 0 Å². The van der Waals surface area contributed by atoms with Crippen LogP contribution in [-0.2, 0) is 4.79 Å². The van der Waals surface area contributed by atoms with Crippen LogP contribution in [-0.4, -0.2) is 60.1 Å². The highest BCUT2D eigenvalue weighted by Gasteiger charge is 2.16. The van der Waals surface area contributed by atoms with Gasteiger partial charge in [-0.05, 0) is 13.3 Å². The molecule has 1 aliphatic rings. The predicted octanol–water partition coefficient (Wildman–Crippen LogP) is 1.04. The van der Waals surface area contributed by atoms with Crippen molar-refractivity contribution in [2.75, 3.05) is 39.3 Å². The average molecular weight is 226 g/mol. The first-order valence-corrected chi connectivity index (χ1v) is 5.89.